The molecule has 0 saturated carbocycles. The molecule has 35 heavy (non-hydrogen) atoms. The van der Waals surface area contributed by atoms with Crippen molar-refractivity contribution in [3.05, 3.63) is 101 Å². The van der Waals surface area contributed by atoms with Gasteiger partial charge in [-0.25, -0.2) is 9.59 Å². The average molecular weight is 474 g/mol. The van der Waals surface area contributed by atoms with Gasteiger partial charge >= 0.3 is 12.1 Å². The predicted octanol–water partition coefficient (Wildman–Crippen LogP) is 4.11. The van der Waals surface area contributed by atoms with Crippen LogP contribution in [0.4, 0.5) is 4.79 Å². The molecule has 0 saturated heterocycles. The van der Waals surface area contributed by atoms with E-state index in [-0.39, 0.29) is 25.5 Å². The second kappa shape index (κ2) is 11.0. The van der Waals surface area contributed by atoms with Gasteiger partial charge in [-0.1, -0.05) is 72.8 Å². The molecular weight excluding hydrogens is 446 g/mol. The summed E-state index contributed by atoms with van der Waals surface area (Å²) in [5.41, 5.74) is 5.72. The van der Waals surface area contributed by atoms with Crippen LogP contribution in [0.3, 0.4) is 0 Å². The number of carboxylic acid groups (broad SMARTS) is 1. The quantitative estimate of drug-likeness (QED) is 0.348. The first kappa shape index (κ1) is 24.2. The molecule has 4 rings (SSSR count). The molecule has 2 atom stereocenters. The Labute approximate surface area is 203 Å². The van der Waals surface area contributed by atoms with Gasteiger partial charge in [-0.15, -0.1) is 0 Å². The molecule has 7 nitrogen and oxygen atoms in total. The van der Waals surface area contributed by atoms with Gasteiger partial charge in [0.2, 0.25) is 0 Å². The van der Waals surface area contributed by atoms with E-state index in [0.29, 0.717) is 11.1 Å². The lowest BCUT2D eigenvalue weighted by molar-refractivity contribution is -0.131. The summed E-state index contributed by atoms with van der Waals surface area (Å²) in [5.74, 6) is -1.08. The van der Waals surface area contributed by atoms with Crippen LogP contribution in [0.1, 0.15) is 40.7 Å². The fourth-order valence-corrected chi connectivity index (χ4v) is 4.32. The molecule has 0 radical (unpaired) electrons. The van der Waals surface area contributed by atoms with Crippen molar-refractivity contribution in [2.45, 2.75) is 24.5 Å². The van der Waals surface area contributed by atoms with Gasteiger partial charge in [0.05, 0.1) is 6.10 Å². The van der Waals surface area contributed by atoms with E-state index in [1.165, 1.54) is 6.08 Å². The number of amides is 1. The topological polar surface area (TPSA) is 116 Å². The van der Waals surface area contributed by atoms with Crippen LogP contribution >= 0.6 is 0 Å². The molecule has 4 N–H and O–H groups in total. The van der Waals surface area contributed by atoms with E-state index < -0.39 is 24.3 Å². The molecule has 1 aliphatic rings. The Bertz CT molecular complexity index is 1170. The summed E-state index contributed by atoms with van der Waals surface area (Å²) < 4.78 is 5.48. The van der Waals surface area contributed by atoms with Crippen molar-refractivity contribution in [3.8, 4) is 11.1 Å². The number of carbonyl (C=O) groups is 2. The highest BCUT2D eigenvalue weighted by molar-refractivity contribution is 5.85. The van der Waals surface area contributed by atoms with Gasteiger partial charge in [0.15, 0.2) is 0 Å². The Morgan fingerprint density at radius 3 is 2.11 bits per heavy atom. The minimum absolute atomic E-state index is 0.0334. The number of carboxylic acids is 1. The molecule has 0 aromatic heterocycles. The Balaban J connectivity index is 1.25. The lowest BCUT2D eigenvalue weighted by atomic mass is 9.98. The first-order valence-corrected chi connectivity index (χ1v) is 11.4. The van der Waals surface area contributed by atoms with E-state index >= 15 is 0 Å². The molecule has 2 unspecified atom stereocenters. The Hall–Kier alpha value is -3.94. The molecule has 0 heterocycles. The smallest absolute Gasteiger partial charge is 0.407 e. The van der Waals surface area contributed by atoms with Crippen molar-refractivity contribution >= 4 is 18.1 Å². The SMILES string of the molecule is O=C(O)/C=C/c1ccc(C(O)C(O)CCNC(=O)OCC2c3ccccc3-c3ccccc32)cc1. The molecule has 1 aliphatic carbocycles. The molecule has 180 valence electrons. The molecule has 0 fully saturated rings. The fraction of sp³-hybridized carbons (Fsp3) is 0.214. The van der Waals surface area contributed by atoms with Crippen LogP contribution in [-0.2, 0) is 9.53 Å². The lowest BCUT2D eigenvalue weighted by Gasteiger charge is -2.19. The van der Waals surface area contributed by atoms with Gasteiger partial charge in [-0.05, 0) is 45.9 Å². The zero-order valence-electron chi connectivity index (χ0n) is 19.0. The van der Waals surface area contributed by atoms with E-state index in [4.69, 9.17) is 9.84 Å². The Morgan fingerprint density at radius 1 is 0.914 bits per heavy atom. The maximum Gasteiger partial charge on any atom is 0.407 e. The third-order valence-electron chi connectivity index (χ3n) is 6.11. The monoisotopic (exact) mass is 473 g/mol. The molecule has 0 aliphatic heterocycles. The first-order valence-electron chi connectivity index (χ1n) is 11.4. The standard InChI is InChI=1S/C28H27NO6/c30-25(27(33)19-12-9-18(10-13-19)11-14-26(31)32)15-16-29-28(34)35-17-24-22-7-3-1-5-20(22)21-6-2-4-8-23(21)24/h1-14,24-25,27,30,33H,15-17H2,(H,29,34)(H,31,32)/b14-11+. The van der Waals surface area contributed by atoms with Gasteiger partial charge in [-0.3, -0.25) is 0 Å². The van der Waals surface area contributed by atoms with E-state index in [1.807, 2.05) is 36.4 Å². The summed E-state index contributed by atoms with van der Waals surface area (Å²) in [6.07, 6.45) is -0.224. The summed E-state index contributed by atoms with van der Waals surface area (Å²) in [6, 6.07) is 22.7. The maximum absolute atomic E-state index is 12.3. The van der Waals surface area contributed by atoms with Crippen molar-refractivity contribution in [2.24, 2.45) is 0 Å². The molecule has 3 aromatic rings. The number of alkyl carbamates (subject to hydrolysis) is 1. The highest BCUT2D eigenvalue weighted by atomic mass is 16.5. The van der Waals surface area contributed by atoms with Crippen molar-refractivity contribution in [3.63, 3.8) is 0 Å². The highest BCUT2D eigenvalue weighted by Crippen LogP contribution is 2.44. The second-order valence-corrected chi connectivity index (χ2v) is 8.39. The number of ether oxygens (including phenoxy) is 1. The van der Waals surface area contributed by atoms with Crippen LogP contribution in [0.2, 0.25) is 0 Å². The van der Waals surface area contributed by atoms with Crippen LogP contribution < -0.4 is 5.32 Å². The van der Waals surface area contributed by atoms with E-state index in [0.717, 1.165) is 28.3 Å². The average Bonchev–Trinajstić information content (AvgIpc) is 3.19. The summed E-state index contributed by atoms with van der Waals surface area (Å²) in [4.78, 5) is 22.9. The molecule has 7 heteroatoms. The molecule has 1 amide bonds. The highest BCUT2D eigenvalue weighted by Gasteiger charge is 2.29. The van der Waals surface area contributed by atoms with Gasteiger partial charge in [-0.2, -0.15) is 0 Å². The van der Waals surface area contributed by atoms with Gasteiger partial charge in [0.25, 0.3) is 0 Å². The minimum atomic E-state index is -1.14. The maximum atomic E-state index is 12.3. The number of fused-ring (bicyclic) bond motifs is 3. The molecule has 0 spiro atoms. The summed E-state index contributed by atoms with van der Waals surface area (Å²) >= 11 is 0. The third kappa shape index (κ3) is 5.77. The van der Waals surface area contributed by atoms with Crippen LogP contribution in [-0.4, -0.2) is 46.6 Å². The second-order valence-electron chi connectivity index (χ2n) is 8.39. The number of aliphatic carboxylic acids is 1. The zero-order chi connectivity index (χ0) is 24.8. The van der Waals surface area contributed by atoms with Crippen LogP contribution in [0.25, 0.3) is 17.2 Å². The number of nitrogens with one attached hydrogen (secondary N) is 1. The fourth-order valence-electron chi connectivity index (χ4n) is 4.32. The number of aliphatic hydroxyl groups excluding tert-OH is 2. The number of aliphatic hydroxyl groups is 2. The Kier molecular flexibility index (Phi) is 7.60. The van der Waals surface area contributed by atoms with Crippen molar-refractivity contribution < 1.29 is 29.6 Å². The predicted molar refractivity (Wildman–Crippen MR) is 132 cm³/mol. The third-order valence-corrected chi connectivity index (χ3v) is 6.11. The molecule has 0 bridgehead atoms. The van der Waals surface area contributed by atoms with Crippen molar-refractivity contribution in [2.75, 3.05) is 13.2 Å². The molecule has 3 aromatic carbocycles. The summed E-state index contributed by atoms with van der Waals surface area (Å²) in [5, 5.41) is 32.0. The minimum Gasteiger partial charge on any atom is -0.478 e. The van der Waals surface area contributed by atoms with E-state index in [9.17, 15) is 19.8 Å². The van der Waals surface area contributed by atoms with Crippen LogP contribution in [0.5, 0.6) is 0 Å². The van der Waals surface area contributed by atoms with Gasteiger partial charge < -0.3 is 25.4 Å². The Morgan fingerprint density at radius 2 is 1.51 bits per heavy atom. The van der Waals surface area contributed by atoms with E-state index in [2.05, 4.69) is 17.4 Å². The van der Waals surface area contributed by atoms with Gasteiger partial charge in [0, 0.05) is 18.5 Å². The number of carbonyl (C=O) groups excluding carboxylic acids is 1. The summed E-state index contributed by atoms with van der Waals surface area (Å²) in [6.45, 7) is 0.335. The van der Waals surface area contributed by atoms with Crippen molar-refractivity contribution in [1.82, 2.24) is 5.32 Å². The van der Waals surface area contributed by atoms with Crippen LogP contribution in [0.15, 0.2) is 78.9 Å². The summed E-state index contributed by atoms with van der Waals surface area (Å²) in [7, 11) is 0. The van der Waals surface area contributed by atoms with Crippen molar-refractivity contribution in [1.29, 1.82) is 0 Å². The number of rotatable bonds is 9. The van der Waals surface area contributed by atoms with Crippen LogP contribution in [0, 0.1) is 0 Å². The lowest BCUT2D eigenvalue weighted by Crippen LogP contribution is -2.30. The molecular formula is C28H27NO6. The van der Waals surface area contributed by atoms with E-state index in [1.54, 1.807) is 24.3 Å². The number of hydrogen-bond donors (Lipinski definition) is 4. The first-order chi connectivity index (χ1) is 16.9. The zero-order valence-corrected chi connectivity index (χ0v) is 19.0. The largest absolute Gasteiger partial charge is 0.478 e. The van der Waals surface area contributed by atoms with Gasteiger partial charge in [0.1, 0.15) is 12.7 Å². The normalized spacial score (nSPS) is 14.2. The number of hydrogen-bond acceptors (Lipinski definition) is 5. The number of benzene rings is 3.